The lowest BCUT2D eigenvalue weighted by molar-refractivity contribution is -0.138. The van der Waals surface area contributed by atoms with Crippen molar-refractivity contribution in [1.29, 1.82) is 0 Å². The second kappa shape index (κ2) is 9.47. The van der Waals surface area contributed by atoms with Gasteiger partial charge in [0.1, 0.15) is 6.04 Å². The Morgan fingerprint density at radius 2 is 2.00 bits per heavy atom. The number of aromatic nitrogens is 2. The number of carbonyl (C=O) groups excluding carboxylic acids is 1. The zero-order valence-corrected chi connectivity index (χ0v) is 10.6. The molecule has 0 aromatic carbocycles. The van der Waals surface area contributed by atoms with Gasteiger partial charge in [-0.25, -0.2) is 4.98 Å². The molecule has 10 heteroatoms. The van der Waals surface area contributed by atoms with Crippen molar-refractivity contribution in [2.75, 3.05) is 13.1 Å². The standard InChI is InChI=1S/C6H9N3O2.C4H8N2O3/c7-5(6(10)11)1-4-2-8-3-9-4;5-3(7)1-6-2-4(8)9/h2-3,5H,1,7H2,(H,8,9)(H,10,11);6H,1-2H2,(H2,5,7)(H,8,9). The molecule has 1 unspecified atom stereocenters. The van der Waals surface area contributed by atoms with Crippen molar-refractivity contribution in [3.8, 4) is 0 Å². The maximum atomic E-state index is 10.3. The third kappa shape index (κ3) is 9.56. The lowest BCUT2D eigenvalue weighted by Gasteiger charge is -2.01. The molecule has 1 heterocycles. The average molecular weight is 287 g/mol. The first kappa shape index (κ1) is 17.5. The van der Waals surface area contributed by atoms with Crippen LogP contribution in [0.3, 0.4) is 0 Å². The van der Waals surface area contributed by atoms with E-state index in [1.807, 2.05) is 0 Å². The molecule has 1 atom stereocenters. The summed E-state index contributed by atoms with van der Waals surface area (Å²) in [5.41, 5.74) is 10.6. The van der Waals surface area contributed by atoms with Crippen molar-refractivity contribution < 1.29 is 24.6 Å². The maximum Gasteiger partial charge on any atom is 0.320 e. The van der Waals surface area contributed by atoms with Crippen LogP contribution in [0.1, 0.15) is 5.69 Å². The van der Waals surface area contributed by atoms with Gasteiger partial charge in [-0.05, 0) is 0 Å². The summed E-state index contributed by atoms with van der Waals surface area (Å²) in [7, 11) is 0. The summed E-state index contributed by atoms with van der Waals surface area (Å²) in [6.45, 7) is -0.324. The Balaban J connectivity index is 0.000000370. The quantitative estimate of drug-likeness (QED) is 0.318. The summed E-state index contributed by atoms with van der Waals surface area (Å²) < 4.78 is 0. The summed E-state index contributed by atoms with van der Waals surface area (Å²) in [5, 5.41) is 18.7. The van der Waals surface area contributed by atoms with E-state index in [1.165, 1.54) is 6.33 Å². The zero-order chi connectivity index (χ0) is 15.5. The summed E-state index contributed by atoms with van der Waals surface area (Å²) in [6.07, 6.45) is 3.38. The van der Waals surface area contributed by atoms with Gasteiger partial charge in [0.15, 0.2) is 0 Å². The Hall–Kier alpha value is -2.46. The molecule has 1 aromatic rings. The van der Waals surface area contributed by atoms with E-state index >= 15 is 0 Å². The molecule has 1 aromatic heterocycles. The third-order valence-electron chi connectivity index (χ3n) is 1.88. The topological polar surface area (TPSA) is 184 Å². The maximum absolute atomic E-state index is 10.3. The van der Waals surface area contributed by atoms with Gasteiger partial charge in [0, 0.05) is 12.6 Å². The molecule has 0 saturated carbocycles. The molecule has 8 N–H and O–H groups in total. The van der Waals surface area contributed by atoms with Crippen molar-refractivity contribution in [3.05, 3.63) is 18.2 Å². The van der Waals surface area contributed by atoms with Crippen molar-refractivity contribution >= 4 is 17.8 Å². The second-order valence-corrected chi connectivity index (χ2v) is 3.67. The predicted molar refractivity (Wildman–Crippen MR) is 67.6 cm³/mol. The molecule has 0 aliphatic heterocycles. The van der Waals surface area contributed by atoms with Gasteiger partial charge in [0.2, 0.25) is 5.91 Å². The van der Waals surface area contributed by atoms with Gasteiger partial charge in [0.05, 0.1) is 25.1 Å². The van der Waals surface area contributed by atoms with Gasteiger partial charge >= 0.3 is 11.9 Å². The zero-order valence-electron chi connectivity index (χ0n) is 10.6. The van der Waals surface area contributed by atoms with E-state index in [4.69, 9.17) is 15.9 Å². The normalized spacial score (nSPS) is 11.1. The number of carboxylic acids is 2. The van der Waals surface area contributed by atoms with Crippen LogP contribution < -0.4 is 16.8 Å². The number of aromatic amines is 1. The molecule has 10 nitrogen and oxygen atoms in total. The largest absolute Gasteiger partial charge is 0.480 e. The minimum Gasteiger partial charge on any atom is -0.480 e. The van der Waals surface area contributed by atoms with E-state index < -0.39 is 23.9 Å². The predicted octanol–water partition coefficient (Wildman–Crippen LogP) is -2.49. The highest BCUT2D eigenvalue weighted by atomic mass is 16.4. The first-order valence-corrected chi connectivity index (χ1v) is 5.49. The van der Waals surface area contributed by atoms with Crippen LogP contribution in [0.25, 0.3) is 0 Å². The van der Waals surface area contributed by atoms with Crippen molar-refractivity contribution in [1.82, 2.24) is 15.3 Å². The Bertz CT molecular complexity index is 419. The summed E-state index contributed by atoms with van der Waals surface area (Å²) in [6, 6.07) is -0.863. The van der Waals surface area contributed by atoms with E-state index in [-0.39, 0.29) is 19.5 Å². The average Bonchev–Trinajstić information content (AvgIpc) is 2.81. The molecule has 0 saturated heterocycles. The van der Waals surface area contributed by atoms with Crippen LogP contribution in [-0.2, 0) is 20.8 Å². The molecule has 0 spiro atoms. The second-order valence-electron chi connectivity index (χ2n) is 3.67. The number of rotatable bonds is 7. The Morgan fingerprint density at radius 1 is 1.35 bits per heavy atom. The number of carboxylic acid groups (broad SMARTS) is 2. The van der Waals surface area contributed by atoms with Gasteiger partial charge in [-0.3, -0.25) is 19.7 Å². The molecule has 20 heavy (non-hydrogen) atoms. The minimum absolute atomic E-state index is 0.0910. The number of imidazole rings is 1. The first-order valence-electron chi connectivity index (χ1n) is 5.49. The van der Waals surface area contributed by atoms with Crippen LogP contribution in [0.2, 0.25) is 0 Å². The number of amides is 1. The third-order valence-corrected chi connectivity index (χ3v) is 1.88. The summed E-state index contributed by atoms with van der Waals surface area (Å²) >= 11 is 0. The Morgan fingerprint density at radius 3 is 2.40 bits per heavy atom. The van der Waals surface area contributed by atoms with E-state index in [0.717, 1.165) is 0 Å². The van der Waals surface area contributed by atoms with Gasteiger partial charge in [-0.1, -0.05) is 0 Å². The molecular weight excluding hydrogens is 270 g/mol. The summed E-state index contributed by atoms with van der Waals surface area (Å²) in [4.78, 5) is 36.5. The Labute approximate surface area is 114 Å². The van der Waals surface area contributed by atoms with Gasteiger partial charge in [0.25, 0.3) is 0 Å². The van der Waals surface area contributed by atoms with E-state index in [0.29, 0.717) is 5.69 Å². The number of nitrogens with one attached hydrogen (secondary N) is 2. The van der Waals surface area contributed by atoms with E-state index in [9.17, 15) is 14.4 Å². The van der Waals surface area contributed by atoms with Gasteiger partial charge in [-0.15, -0.1) is 0 Å². The number of primary amides is 1. The molecular formula is C10H17N5O5. The fourth-order valence-electron chi connectivity index (χ4n) is 1.01. The molecule has 0 bridgehead atoms. The molecule has 1 amide bonds. The molecule has 0 aliphatic rings. The van der Waals surface area contributed by atoms with Crippen LogP contribution >= 0.6 is 0 Å². The van der Waals surface area contributed by atoms with Crippen LogP contribution in [0, 0.1) is 0 Å². The molecule has 112 valence electrons. The summed E-state index contributed by atoms with van der Waals surface area (Å²) in [5.74, 6) is -2.57. The number of hydrogen-bond donors (Lipinski definition) is 6. The Kier molecular flexibility index (Phi) is 8.30. The van der Waals surface area contributed by atoms with Crippen LogP contribution in [0.15, 0.2) is 12.5 Å². The highest BCUT2D eigenvalue weighted by Crippen LogP contribution is 1.95. The number of aliphatic carboxylic acids is 2. The van der Waals surface area contributed by atoms with Crippen LogP contribution in [0.5, 0.6) is 0 Å². The fourth-order valence-corrected chi connectivity index (χ4v) is 1.01. The van der Waals surface area contributed by atoms with Crippen LogP contribution in [-0.4, -0.2) is 57.2 Å². The number of H-pyrrole nitrogens is 1. The fraction of sp³-hybridized carbons (Fsp3) is 0.400. The smallest absolute Gasteiger partial charge is 0.320 e. The highest BCUT2D eigenvalue weighted by molar-refractivity contribution is 5.77. The number of nitrogens with zero attached hydrogens (tertiary/aromatic N) is 1. The van der Waals surface area contributed by atoms with Crippen molar-refractivity contribution in [2.45, 2.75) is 12.5 Å². The van der Waals surface area contributed by atoms with Crippen molar-refractivity contribution in [3.63, 3.8) is 0 Å². The van der Waals surface area contributed by atoms with Crippen LogP contribution in [0.4, 0.5) is 0 Å². The SMILES string of the molecule is NC(=O)CNCC(=O)O.NC(Cc1c[nH]cn1)C(=O)O. The molecule has 0 aliphatic carbocycles. The lowest BCUT2D eigenvalue weighted by atomic mass is 10.2. The highest BCUT2D eigenvalue weighted by Gasteiger charge is 2.12. The molecule has 1 rings (SSSR count). The monoisotopic (exact) mass is 287 g/mol. The number of carbonyl (C=O) groups is 3. The molecule has 0 fully saturated rings. The van der Waals surface area contributed by atoms with Gasteiger partial charge < -0.3 is 26.7 Å². The van der Waals surface area contributed by atoms with E-state index in [2.05, 4.69) is 21.0 Å². The van der Waals surface area contributed by atoms with Crippen molar-refractivity contribution in [2.24, 2.45) is 11.5 Å². The van der Waals surface area contributed by atoms with E-state index in [1.54, 1.807) is 6.20 Å². The molecule has 0 radical (unpaired) electrons. The number of nitrogens with two attached hydrogens (primary N) is 2. The lowest BCUT2D eigenvalue weighted by Crippen LogP contribution is -2.32. The minimum atomic E-state index is -1.01. The van der Waals surface area contributed by atoms with Gasteiger partial charge in [-0.2, -0.15) is 0 Å². The number of hydrogen-bond acceptors (Lipinski definition) is 6. The first-order chi connectivity index (χ1) is 9.32.